The molecule has 12 heavy (non-hydrogen) atoms. The SMILES string of the molecule is CCCCNC(=O)/N=C/C(C)C. The fraction of sp³-hybridized carbons (Fsp3) is 0.778. The number of carbonyl (C=O) groups excluding carboxylic acids is 1. The van der Waals surface area contributed by atoms with Crippen LogP contribution in [-0.4, -0.2) is 18.8 Å². The highest BCUT2D eigenvalue weighted by Gasteiger charge is 1.94. The number of unbranched alkanes of at least 4 members (excludes halogenated alkanes) is 1. The molecule has 70 valence electrons. The van der Waals surface area contributed by atoms with Crippen LogP contribution in [0.2, 0.25) is 0 Å². The number of rotatable bonds is 4. The molecule has 0 aliphatic carbocycles. The molecule has 0 aromatic heterocycles. The Kier molecular flexibility index (Phi) is 6.34. The Morgan fingerprint density at radius 2 is 2.25 bits per heavy atom. The smallest absolute Gasteiger partial charge is 0.336 e. The van der Waals surface area contributed by atoms with Gasteiger partial charge in [0.1, 0.15) is 0 Å². The van der Waals surface area contributed by atoms with Gasteiger partial charge in [0, 0.05) is 12.8 Å². The molecule has 0 aromatic carbocycles. The van der Waals surface area contributed by atoms with E-state index in [4.69, 9.17) is 0 Å². The van der Waals surface area contributed by atoms with Crippen molar-refractivity contribution in [3.05, 3.63) is 0 Å². The molecule has 0 aliphatic rings. The minimum absolute atomic E-state index is 0.225. The summed E-state index contributed by atoms with van der Waals surface area (Å²) in [5.74, 6) is 0.335. The predicted octanol–water partition coefficient (Wildman–Crippen LogP) is 2.22. The van der Waals surface area contributed by atoms with E-state index in [1.807, 2.05) is 13.8 Å². The lowest BCUT2D eigenvalue weighted by atomic mass is 10.2. The maximum Gasteiger partial charge on any atom is 0.340 e. The zero-order valence-corrected chi connectivity index (χ0v) is 8.13. The van der Waals surface area contributed by atoms with Crippen LogP contribution in [0.4, 0.5) is 4.79 Å². The Balaban J connectivity index is 3.46. The third kappa shape index (κ3) is 7.25. The third-order valence-electron chi connectivity index (χ3n) is 1.30. The van der Waals surface area contributed by atoms with Crippen LogP contribution in [0.3, 0.4) is 0 Å². The molecule has 0 atom stereocenters. The topological polar surface area (TPSA) is 41.5 Å². The molecule has 0 aliphatic heterocycles. The minimum atomic E-state index is -0.225. The summed E-state index contributed by atoms with van der Waals surface area (Å²) in [6.07, 6.45) is 3.76. The molecular weight excluding hydrogens is 152 g/mol. The molecule has 0 spiro atoms. The molecule has 0 bridgehead atoms. The Morgan fingerprint density at radius 3 is 2.75 bits per heavy atom. The fourth-order valence-electron chi connectivity index (χ4n) is 0.635. The van der Waals surface area contributed by atoms with Gasteiger partial charge in [0.15, 0.2) is 0 Å². The van der Waals surface area contributed by atoms with Crippen molar-refractivity contribution >= 4 is 12.2 Å². The molecule has 0 rings (SSSR count). The van der Waals surface area contributed by atoms with Gasteiger partial charge in [0.25, 0.3) is 0 Å². The molecular formula is C9H18N2O. The first-order valence-electron chi connectivity index (χ1n) is 4.48. The van der Waals surface area contributed by atoms with E-state index in [0.29, 0.717) is 5.92 Å². The first-order valence-corrected chi connectivity index (χ1v) is 4.48. The molecule has 0 fully saturated rings. The van der Waals surface area contributed by atoms with Crippen LogP contribution < -0.4 is 5.32 Å². The van der Waals surface area contributed by atoms with E-state index in [-0.39, 0.29) is 6.03 Å². The molecule has 0 saturated carbocycles. The number of hydrogen-bond donors (Lipinski definition) is 1. The number of hydrogen-bond acceptors (Lipinski definition) is 1. The van der Waals surface area contributed by atoms with Crippen LogP contribution in [-0.2, 0) is 0 Å². The maximum absolute atomic E-state index is 10.9. The number of urea groups is 1. The Bertz CT molecular complexity index is 153. The summed E-state index contributed by atoms with van der Waals surface area (Å²) < 4.78 is 0. The lowest BCUT2D eigenvalue weighted by molar-refractivity contribution is 0.249. The van der Waals surface area contributed by atoms with Crippen LogP contribution in [0, 0.1) is 5.92 Å². The first kappa shape index (κ1) is 11.1. The number of nitrogens with zero attached hydrogens (tertiary/aromatic N) is 1. The van der Waals surface area contributed by atoms with Crippen LogP contribution >= 0.6 is 0 Å². The highest BCUT2D eigenvalue weighted by molar-refractivity contribution is 5.83. The van der Waals surface area contributed by atoms with E-state index in [0.717, 1.165) is 19.4 Å². The van der Waals surface area contributed by atoms with Crippen LogP contribution in [0.5, 0.6) is 0 Å². The van der Waals surface area contributed by atoms with Gasteiger partial charge in [-0.25, -0.2) is 9.79 Å². The second-order valence-electron chi connectivity index (χ2n) is 3.11. The van der Waals surface area contributed by atoms with Gasteiger partial charge in [0.05, 0.1) is 0 Å². The number of aliphatic imine (C=N–C) groups is 1. The lowest BCUT2D eigenvalue weighted by Gasteiger charge is -1.98. The molecule has 3 heteroatoms. The van der Waals surface area contributed by atoms with Gasteiger partial charge in [-0.1, -0.05) is 27.2 Å². The second kappa shape index (κ2) is 6.83. The minimum Gasteiger partial charge on any atom is -0.336 e. The van der Waals surface area contributed by atoms with Crippen molar-refractivity contribution in [1.29, 1.82) is 0 Å². The van der Waals surface area contributed by atoms with E-state index in [9.17, 15) is 4.79 Å². The average molecular weight is 170 g/mol. The predicted molar refractivity (Wildman–Crippen MR) is 51.6 cm³/mol. The van der Waals surface area contributed by atoms with E-state index >= 15 is 0 Å². The van der Waals surface area contributed by atoms with Gasteiger partial charge in [0.2, 0.25) is 0 Å². The summed E-state index contributed by atoms with van der Waals surface area (Å²) in [5, 5.41) is 2.70. The normalized spacial score (nSPS) is 11.0. The van der Waals surface area contributed by atoms with E-state index in [2.05, 4.69) is 17.2 Å². The van der Waals surface area contributed by atoms with Gasteiger partial charge >= 0.3 is 6.03 Å². The van der Waals surface area contributed by atoms with Gasteiger partial charge in [-0.05, 0) is 12.3 Å². The average Bonchev–Trinajstić information content (AvgIpc) is 2.01. The maximum atomic E-state index is 10.9. The molecule has 0 unspecified atom stereocenters. The summed E-state index contributed by atoms with van der Waals surface area (Å²) in [6, 6.07) is -0.225. The Hall–Kier alpha value is -0.860. The number of nitrogens with one attached hydrogen (secondary N) is 1. The first-order chi connectivity index (χ1) is 5.66. The zero-order chi connectivity index (χ0) is 9.40. The van der Waals surface area contributed by atoms with Crippen molar-refractivity contribution in [3.8, 4) is 0 Å². The van der Waals surface area contributed by atoms with Crippen LogP contribution in [0.15, 0.2) is 4.99 Å². The van der Waals surface area contributed by atoms with E-state index in [1.165, 1.54) is 0 Å². The summed E-state index contributed by atoms with van der Waals surface area (Å²) in [4.78, 5) is 14.6. The van der Waals surface area contributed by atoms with Gasteiger partial charge in [-0.3, -0.25) is 0 Å². The molecule has 2 amide bonds. The Morgan fingerprint density at radius 1 is 1.58 bits per heavy atom. The highest BCUT2D eigenvalue weighted by Crippen LogP contribution is 1.87. The van der Waals surface area contributed by atoms with Gasteiger partial charge in [-0.15, -0.1) is 0 Å². The molecule has 3 nitrogen and oxygen atoms in total. The summed E-state index contributed by atoms with van der Waals surface area (Å²) in [5.41, 5.74) is 0. The molecule has 0 heterocycles. The third-order valence-corrected chi connectivity index (χ3v) is 1.30. The molecule has 0 aromatic rings. The van der Waals surface area contributed by atoms with Gasteiger partial charge in [-0.2, -0.15) is 0 Å². The highest BCUT2D eigenvalue weighted by atomic mass is 16.2. The van der Waals surface area contributed by atoms with Crippen molar-refractivity contribution in [2.75, 3.05) is 6.54 Å². The quantitative estimate of drug-likeness (QED) is 0.510. The van der Waals surface area contributed by atoms with Crippen LogP contribution in [0.1, 0.15) is 33.6 Å². The number of carbonyl (C=O) groups is 1. The van der Waals surface area contributed by atoms with Crippen molar-refractivity contribution in [2.24, 2.45) is 10.9 Å². The summed E-state index contributed by atoms with van der Waals surface area (Å²) in [7, 11) is 0. The summed E-state index contributed by atoms with van der Waals surface area (Å²) in [6.45, 7) is 6.79. The van der Waals surface area contributed by atoms with E-state index in [1.54, 1.807) is 6.21 Å². The van der Waals surface area contributed by atoms with E-state index < -0.39 is 0 Å². The molecule has 0 saturated heterocycles. The standard InChI is InChI=1S/C9H18N2O/c1-4-5-6-10-9(12)11-7-8(2)3/h7-8H,4-6H2,1-3H3,(H,10,12)/b11-7+. The number of amides is 2. The van der Waals surface area contributed by atoms with Gasteiger partial charge < -0.3 is 5.32 Å². The molecule has 0 radical (unpaired) electrons. The van der Waals surface area contributed by atoms with Crippen molar-refractivity contribution < 1.29 is 4.79 Å². The van der Waals surface area contributed by atoms with Crippen molar-refractivity contribution in [1.82, 2.24) is 5.32 Å². The monoisotopic (exact) mass is 170 g/mol. The van der Waals surface area contributed by atoms with Crippen LogP contribution in [0.25, 0.3) is 0 Å². The molecule has 1 N–H and O–H groups in total. The summed E-state index contributed by atoms with van der Waals surface area (Å²) >= 11 is 0. The second-order valence-corrected chi connectivity index (χ2v) is 3.11. The lowest BCUT2D eigenvalue weighted by Crippen LogP contribution is -2.21. The zero-order valence-electron chi connectivity index (χ0n) is 8.13. The van der Waals surface area contributed by atoms with Crippen molar-refractivity contribution in [2.45, 2.75) is 33.6 Å². The fourth-order valence-corrected chi connectivity index (χ4v) is 0.635. The van der Waals surface area contributed by atoms with Crippen molar-refractivity contribution in [3.63, 3.8) is 0 Å². The Labute approximate surface area is 74.3 Å². The largest absolute Gasteiger partial charge is 0.340 e.